The second-order valence-electron chi connectivity index (χ2n) is 10.3. The Kier molecular flexibility index (Phi) is 7.12. The van der Waals surface area contributed by atoms with Gasteiger partial charge in [-0.15, -0.1) is 0 Å². The van der Waals surface area contributed by atoms with Gasteiger partial charge in [0.05, 0.1) is 10.6 Å². The van der Waals surface area contributed by atoms with Gasteiger partial charge in [0.25, 0.3) is 11.1 Å². The van der Waals surface area contributed by atoms with Gasteiger partial charge in [-0.1, -0.05) is 48.5 Å². The van der Waals surface area contributed by atoms with Gasteiger partial charge in [0.1, 0.15) is 5.82 Å². The molecule has 2 N–H and O–H groups in total. The van der Waals surface area contributed by atoms with Crippen molar-refractivity contribution in [3.63, 3.8) is 0 Å². The number of nitrogens with one attached hydrogen (secondary N) is 2. The van der Waals surface area contributed by atoms with Crippen molar-refractivity contribution in [1.29, 1.82) is 0 Å². The van der Waals surface area contributed by atoms with Crippen LogP contribution in [-0.2, 0) is 11.3 Å². The van der Waals surface area contributed by atoms with Crippen LogP contribution >= 0.6 is 11.8 Å². The molecule has 0 spiro atoms. The molecule has 3 aliphatic heterocycles. The summed E-state index contributed by atoms with van der Waals surface area (Å²) >= 11 is 0.871. The predicted octanol–water partition coefficient (Wildman–Crippen LogP) is 4.04. The Morgan fingerprint density at radius 3 is 2.35 bits per heavy atom. The van der Waals surface area contributed by atoms with Gasteiger partial charge >= 0.3 is 6.03 Å². The van der Waals surface area contributed by atoms with E-state index in [0.717, 1.165) is 41.9 Å². The van der Waals surface area contributed by atoms with Crippen LogP contribution in [0.5, 0.6) is 0 Å². The van der Waals surface area contributed by atoms with Crippen molar-refractivity contribution >= 4 is 52.5 Å². The molecule has 0 saturated carbocycles. The Labute approximate surface area is 236 Å². The molecular formula is C29H29N7O3S. The SMILES string of the molecule is CN(Cc1ccccc1)c1cc(C=C2SC(=O)NC2=O)nc(N2CC3CN(C(=O)Nc4ccccc4)CC3C2)n1. The molecule has 4 heterocycles. The lowest BCUT2D eigenvalue weighted by Gasteiger charge is -2.24. The Balaban J connectivity index is 1.20. The van der Waals surface area contributed by atoms with Crippen LogP contribution < -0.4 is 20.4 Å². The van der Waals surface area contributed by atoms with E-state index in [1.54, 1.807) is 6.08 Å². The zero-order chi connectivity index (χ0) is 27.6. The maximum atomic E-state index is 12.8. The Bertz CT molecular complexity index is 1450. The Morgan fingerprint density at radius 1 is 1.02 bits per heavy atom. The van der Waals surface area contributed by atoms with Gasteiger partial charge < -0.3 is 20.0 Å². The maximum Gasteiger partial charge on any atom is 0.321 e. The Morgan fingerprint density at radius 2 is 1.70 bits per heavy atom. The van der Waals surface area contributed by atoms with E-state index < -0.39 is 5.91 Å². The molecule has 3 aliphatic rings. The molecule has 2 atom stereocenters. The van der Waals surface area contributed by atoms with Crippen molar-refractivity contribution in [2.45, 2.75) is 6.54 Å². The van der Waals surface area contributed by atoms with Crippen molar-refractivity contribution in [2.75, 3.05) is 48.3 Å². The summed E-state index contributed by atoms with van der Waals surface area (Å²) in [6, 6.07) is 21.4. The molecule has 0 radical (unpaired) electrons. The van der Waals surface area contributed by atoms with E-state index in [9.17, 15) is 14.4 Å². The first-order valence-corrected chi connectivity index (χ1v) is 14.0. The number of anilines is 3. The van der Waals surface area contributed by atoms with E-state index in [1.165, 1.54) is 0 Å². The number of benzene rings is 2. The Hall–Kier alpha value is -4.38. The number of aromatic nitrogens is 2. The van der Waals surface area contributed by atoms with Crippen LogP contribution in [0.4, 0.5) is 27.0 Å². The minimum Gasteiger partial charge on any atom is -0.355 e. The van der Waals surface area contributed by atoms with Crippen molar-refractivity contribution in [3.05, 3.63) is 82.9 Å². The van der Waals surface area contributed by atoms with Crippen LogP contribution in [0.1, 0.15) is 11.3 Å². The molecule has 6 rings (SSSR count). The highest BCUT2D eigenvalue weighted by Gasteiger charge is 2.42. The summed E-state index contributed by atoms with van der Waals surface area (Å²) in [5.41, 5.74) is 2.49. The number of para-hydroxylation sites is 1. The highest BCUT2D eigenvalue weighted by molar-refractivity contribution is 8.18. The average molecular weight is 556 g/mol. The van der Waals surface area contributed by atoms with E-state index in [0.29, 0.717) is 48.0 Å². The van der Waals surface area contributed by atoms with Crippen molar-refractivity contribution in [2.24, 2.45) is 11.8 Å². The number of imide groups is 1. The molecule has 40 heavy (non-hydrogen) atoms. The van der Waals surface area contributed by atoms with Crippen LogP contribution in [0.15, 0.2) is 71.6 Å². The van der Waals surface area contributed by atoms with E-state index in [1.807, 2.05) is 71.4 Å². The summed E-state index contributed by atoms with van der Waals surface area (Å²) in [5, 5.41) is 4.89. The molecule has 204 valence electrons. The number of urea groups is 1. The van der Waals surface area contributed by atoms with Gasteiger partial charge in [-0.25, -0.2) is 9.78 Å². The van der Waals surface area contributed by atoms with Crippen molar-refractivity contribution in [3.8, 4) is 0 Å². The third kappa shape index (κ3) is 5.64. The fourth-order valence-electron chi connectivity index (χ4n) is 5.39. The molecule has 3 fully saturated rings. The van der Waals surface area contributed by atoms with E-state index >= 15 is 0 Å². The molecule has 3 aromatic rings. The van der Waals surface area contributed by atoms with Crippen LogP contribution in [0.3, 0.4) is 0 Å². The summed E-state index contributed by atoms with van der Waals surface area (Å²) in [6.07, 6.45) is 1.64. The number of hydrogen-bond acceptors (Lipinski definition) is 8. The fourth-order valence-corrected chi connectivity index (χ4v) is 6.06. The molecule has 2 aromatic carbocycles. The topological polar surface area (TPSA) is 111 Å². The molecule has 0 aliphatic carbocycles. The third-order valence-electron chi connectivity index (χ3n) is 7.38. The summed E-state index contributed by atoms with van der Waals surface area (Å²) < 4.78 is 0. The zero-order valence-corrected chi connectivity index (χ0v) is 22.8. The number of likely N-dealkylation sites (tertiary alicyclic amines) is 1. The summed E-state index contributed by atoms with van der Waals surface area (Å²) in [7, 11) is 1.97. The first-order chi connectivity index (χ1) is 19.4. The highest BCUT2D eigenvalue weighted by Crippen LogP contribution is 2.34. The number of hydrogen-bond donors (Lipinski definition) is 2. The standard InChI is InChI=1S/C29H29N7O3S/c1-34(14-19-8-4-2-5-9-19)25-13-23(12-24-26(37)33-29(39)40-24)30-27(32-25)35-15-20-17-36(18-21(20)16-35)28(38)31-22-10-6-3-7-11-22/h2-13,20-21H,14-18H2,1H3,(H,31,38)(H,33,37,39). The zero-order valence-electron chi connectivity index (χ0n) is 22.0. The smallest absolute Gasteiger partial charge is 0.321 e. The summed E-state index contributed by atoms with van der Waals surface area (Å²) in [6.45, 7) is 3.45. The number of rotatable bonds is 6. The number of thioether (sulfide) groups is 1. The highest BCUT2D eigenvalue weighted by atomic mass is 32.2. The van der Waals surface area contributed by atoms with E-state index in [2.05, 4.69) is 27.7 Å². The van der Waals surface area contributed by atoms with Crippen molar-refractivity contribution < 1.29 is 14.4 Å². The molecule has 0 bridgehead atoms. The number of nitrogens with zero attached hydrogens (tertiary/aromatic N) is 5. The third-order valence-corrected chi connectivity index (χ3v) is 8.19. The van der Waals surface area contributed by atoms with E-state index in [-0.39, 0.29) is 11.3 Å². The lowest BCUT2D eigenvalue weighted by Crippen LogP contribution is -2.36. The number of fused-ring (bicyclic) bond motifs is 1. The van der Waals surface area contributed by atoms with Crippen molar-refractivity contribution in [1.82, 2.24) is 20.2 Å². The van der Waals surface area contributed by atoms with Gasteiger partial charge in [0.15, 0.2) is 0 Å². The molecule has 10 nitrogen and oxygen atoms in total. The lowest BCUT2D eigenvalue weighted by molar-refractivity contribution is -0.115. The molecular weight excluding hydrogens is 526 g/mol. The lowest BCUT2D eigenvalue weighted by atomic mass is 10.0. The fraction of sp³-hybridized carbons (Fsp3) is 0.276. The quantitative estimate of drug-likeness (QED) is 0.439. The first-order valence-electron chi connectivity index (χ1n) is 13.2. The maximum absolute atomic E-state index is 12.8. The van der Waals surface area contributed by atoms with E-state index in [4.69, 9.17) is 9.97 Å². The molecule has 11 heteroatoms. The first kappa shape index (κ1) is 25.9. The molecule has 2 unspecified atom stereocenters. The van der Waals surface area contributed by atoms with Crippen LogP contribution in [0, 0.1) is 11.8 Å². The second kappa shape index (κ2) is 11.0. The number of amides is 4. The average Bonchev–Trinajstić information content (AvgIpc) is 3.62. The minimum absolute atomic E-state index is 0.0799. The second-order valence-corrected chi connectivity index (χ2v) is 11.3. The van der Waals surface area contributed by atoms with Crippen LogP contribution in [0.25, 0.3) is 6.08 Å². The van der Waals surface area contributed by atoms with Crippen LogP contribution in [-0.4, -0.2) is 65.3 Å². The van der Waals surface area contributed by atoms with Crippen LogP contribution in [0.2, 0.25) is 0 Å². The normalized spacial score (nSPS) is 21.1. The molecule has 4 amide bonds. The van der Waals surface area contributed by atoms with Gasteiger partial charge in [0.2, 0.25) is 5.95 Å². The number of carbonyl (C=O) groups excluding carboxylic acids is 3. The van der Waals surface area contributed by atoms with Gasteiger partial charge in [0, 0.05) is 63.4 Å². The monoisotopic (exact) mass is 555 g/mol. The van der Waals surface area contributed by atoms with Gasteiger partial charge in [-0.2, -0.15) is 4.98 Å². The van der Waals surface area contributed by atoms with Gasteiger partial charge in [-0.05, 0) is 35.5 Å². The summed E-state index contributed by atoms with van der Waals surface area (Å²) in [4.78, 5) is 52.8. The summed E-state index contributed by atoms with van der Waals surface area (Å²) in [5.74, 6) is 1.50. The molecule has 3 saturated heterocycles. The van der Waals surface area contributed by atoms with Gasteiger partial charge in [-0.3, -0.25) is 14.9 Å². The minimum atomic E-state index is -0.418. The number of carbonyl (C=O) groups is 3. The molecule has 1 aromatic heterocycles. The largest absolute Gasteiger partial charge is 0.355 e. The predicted molar refractivity (Wildman–Crippen MR) is 156 cm³/mol.